The van der Waals surface area contributed by atoms with E-state index in [4.69, 9.17) is 0 Å². The highest BCUT2D eigenvalue weighted by molar-refractivity contribution is 5.59. The summed E-state index contributed by atoms with van der Waals surface area (Å²) in [4.78, 5) is 10.7. The van der Waals surface area contributed by atoms with E-state index in [9.17, 15) is 13.2 Å². The Morgan fingerprint density at radius 1 is 1.17 bits per heavy atom. The maximum Gasteiger partial charge on any atom is 0.416 e. The summed E-state index contributed by atoms with van der Waals surface area (Å²) in [6.07, 6.45) is -0.502. The molecule has 1 saturated heterocycles. The van der Waals surface area contributed by atoms with Gasteiger partial charge in [-0.2, -0.15) is 13.2 Å². The lowest BCUT2D eigenvalue weighted by Crippen LogP contribution is -2.34. The van der Waals surface area contributed by atoms with Gasteiger partial charge >= 0.3 is 6.18 Å². The predicted octanol–water partition coefficient (Wildman–Crippen LogP) is 4.48. The first kappa shape index (κ1) is 16.5. The van der Waals surface area contributed by atoms with Crippen molar-refractivity contribution < 1.29 is 13.2 Å². The molecule has 7 heteroatoms. The molecule has 1 aromatic carbocycles. The van der Waals surface area contributed by atoms with Gasteiger partial charge < -0.3 is 10.2 Å². The molecular weight excluding hydrogens is 317 g/mol. The number of piperidine rings is 1. The number of aromatic nitrogens is 2. The van der Waals surface area contributed by atoms with Gasteiger partial charge in [-0.25, -0.2) is 9.97 Å². The molecule has 1 N–H and O–H groups in total. The fourth-order valence-electron chi connectivity index (χ4n) is 2.88. The number of nitrogens with zero attached hydrogens (tertiary/aromatic N) is 3. The Kier molecular flexibility index (Phi) is 4.59. The summed E-state index contributed by atoms with van der Waals surface area (Å²) in [5.74, 6) is 2.03. The molecule has 1 aromatic heterocycles. The fourth-order valence-corrected chi connectivity index (χ4v) is 2.88. The first-order valence-electron chi connectivity index (χ1n) is 7.93. The number of hydrogen-bond acceptors (Lipinski definition) is 4. The van der Waals surface area contributed by atoms with E-state index in [0.717, 1.165) is 37.5 Å². The van der Waals surface area contributed by atoms with Gasteiger partial charge in [0.05, 0.1) is 5.56 Å². The average Bonchev–Trinajstić information content (AvgIpc) is 2.55. The summed E-state index contributed by atoms with van der Waals surface area (Å²) in [5.41, 5.74) is -0.113. The molecule has 2 heterocycles. The Labute approximate surface area is 138 Å². The Balaban J connectivity index is 1.72. The van der Waals surface area contributed by atoms with Gasteiger partial charge in [0.1, 0.15) is 18.0 Å². The molecule has 1 unspecified atom stereocenters. The normalized spacial score (nSPS) is 18.5. The van der Waals surface area contributed by atoms with Crippen LogP contribution in [0.25, 0.3) is 0 Å². The third-order valence-electron chi connectivity index (χ3n) is 4.12. The lowest BCUT2D eigenvalue weighted by Gasteiger charge is -2.31. The fraction of sp³-hybridized carbons (Fsp3) is 0.412. The molecule has 2 aromatic rings. The van der Waals surface area contributed by atoms with Crippen LogP contribution < -0.4 is 10.2 Å². The molecule has 0 aliphatic carbocycles. The SMILES string of the molecule is CC1CCCN(c2cc(Nc3ccc(C(F)(F)F)cc3)ncn2)C1. The maximum absolute atomic E-state index is 12.6. The molecular formula is C17H19F3N4. The monoisotopic (exact) mass is 336 g/mol. The van der Waals surface area contributed by atoms with Crippen molar-refractivity contribution in [2.45, 2.75) is 25.9 Å². The topological polar surface area (TPSA) is 41.0 Å². The Morgan fingerprint density at radius 2 is 1.92 bits per heavy atom. The molecule has 24 heavy (non-hydrogen) atoms. The minimum atomic E-state index is -4.33. The standard InChI is InChI=1S/C17H19F3N4/c1-12-3-2-8-24(10-12)16-9-15(21-11-22-16)23-14-6-4-13(5-7-14)17(18,19)20/h4-7,9,11-12H,2-3,8,10H2,1H3,(H,21,22,23). The molecule has 0 saturated carbocycles. The van der Waals surface area contributed by atoms with E-state index in [-0.39, 0.29) is 0 Å². The number of hydrogen-bond donors (Lipinski definition) is 1. The lowest BCUT2D eigenvalue weighted by molar-refractivity contribution is -0.137. The zero-order valence-electron chi connectivity index (χ0n) is 13.3. The highest BCUT2D eigenvalue weighted by atomic mass is 19.4. The van der Waals surface area contributed by atoms with E-state index in [0.29, 0.717) is 17.4 Å². The molecule has 1 fully saturated rings. The number of anilines is 3. The number of benzene rings is 1. The van der Waals surface area contributed by atoms with Crippen molar-refractivity contribution in [2.24, 2.45) is 5.92 Å². The molecule has 4 nitrogen and oxygen atoms in total. The van der Waals surface area contributed by atoms with E-state index in [2.05, 4.69) is 27.1 Å². The maximum atomic E-state index is 12.6. The van der Waals surface area contributed by atoms with Crippen LogP contribution in [0.5, 0.6) is 0 Å². The molecule has 1 aliphatic heterocycles. The molecule has 0 radical (unpaired) electrons. The van der Waals surface area contributed by atoms with Gasteiger partial charge in [0.2, 0.25) is 0 Å². The molecule has 128 valence electrons. The Morgan fingerprint density at radius 3 is 2.58 bits per heavy atom. The summed E-state index contributed by atoms with van der Waals surface area (Å²) < 4.78 is 37.8. The van der Waals surface area contributed by atoms with E-state index >= 15 is 0 Å². The second kappa shape index (κ2) is 6.67. The predicted molar refractivity (Wildman–Crippen MR) is 87.4 cm³/mol. The second-order valence-corrected chi connectivity index (χ2v) is 6.15. The van der Waals surface area contributed by atoms with Crippen LogP contribution in [0, 0.1) is 5.92 Å². The molecule has 0 spiro atoms. The first-order valence-corrected chi connectivity index (χ1v) is 7.93. The Bertz CT molecular complexity index is 685. The summed E-state index contributed by atoms with van der Waals surface area (Å²) in [6.45, 7) is 4.13. The molecule has 0 amide bonds. The largest absolute Gasteiger partial charge is 0.416 e. The van der Waals surface area contributed by atoms with Gasteiger partial charge in [0.25, 0.3) is 0 Å². The van der Waals surface area contributed by atoms with Gasteiger partial charge in [0, 0.05) is 24.8 Å². The highest BCUT2D eigenvalue weighted by Gasteiger charge is 2.29. The quantitative estimate of drug-likeness (QED) is 0.897. The minimum absolute atomic E-state index is 0.555. The molecule has 3 rings (SSSR count). The van der Waals surface area contributed by atoms with Crippen molar-refractivity contribution in [3.05, 3.63) is 42.2 Å². The van der Waals surface area contributed by atoms with Gasteiger partial charge in [0.15, 0.2) is 0 Å². The van der Waals surface area contributed by atoms with Crippen LogP contribution in [0.2, 0.25) is 0 Å². The number of alkyl halides is 3. The van der Waals surface area contributed by atoms with Crippen LogP contribution in [0.15, 0.2) is 36.7 Å². The second-order valence-electron chi connectivity index (χ2n) is 6.15. The van der Waals surface area contributed by atoms with E-state index in [1.165, 1.54) is 24.9 Å². The lowest BCUT2D eigenvalue weighted by atomic mass is 10.0. The minimum Gasteiger partial charge on any atom is -0.356 e. The molecule has 1 atom stereocenters. The summed E-state index contributed by atoms with van der Waals surface area (Å²) >= 11 is 0. The van der Waals surface area contributed by atoms with Crippen LogP contribution in [0.1, 0.15) is 25.3 Å². The number of halogens is 3. The Hall–Kier alpha value is -2.31. The zero-order valence-corrected chi connectivity index (χ0v) is 13.3. The molecule has 0 bridgehead atoms. The van der Waals surface area contributed by atoms with Crippen molar-refractivity contribution in [2.75, 3.05) is 23.3 Å². The number of rotatable bonds is 3. The van der Waals surface area contributed by atoms with E-state index < -0.39 is 11.7 Å². The average molecular weight is 336 g/mol. The summed E-state index contributed by atoms with van der Waals surface area (Å²) in [7, 11) is 0. The van der Waals surface area contributed by atoms with Crippen LogP contribution in [-0.4, -0.2) is 23.1 Å². The van der Waals surface area contributed by atoms with Gasteiger partial charge in [-0.3, -0.25) is 0 Å². The number of nitrogens with one attached hydrogen (secondary N) is 1. The smallest absolute Gasteiger partial charge is 0.356 e. The van der Waals surface area contributed by atoms with Crippen molar-refractivity contribution in [3.63, 3.8) is 0 Å². The molecule has 1 aliphatic rings. The third-order valence-corrected chi connectivity index (χ3v) is 4.12. The highest BCUT2D eigenvalue weighted by Crippen LogP contribution is 2.30. The zero-order chi connectivity index (χ0) is 17.2. The van der Waals surface area contributed by atoms with Crippen molar-refractivity contribution in [1.29, 1.82) is 0 Å². The van der Waals surface area contributed by atoms with Crippen molar-refractivity contribution in [1.82, 2.24) is 9.97 Å². The van der Waals surface area contributed by atoms with E-state index in [1.807, 2.05) is 6.07 Å². The van der Waals surface area contributed by atoms with Gasteiger partial charge in [-0.15, -0.1) is 0 Å². The van der Waals surface area contributed by atoms with Gasteiger partial charge in [-0.05, 0) is 43.0 Å². The van der Waals surface area contributed by atoms with Crippen molar-refractivity contribution in [3.8, 4) is 0 Å². The van der Waals surface area contributed by atoms with Crippen LogP contribution in [0.3, 0.4) is 0 Å². The van der Waals surface area contributed by atoms with Crippen LogP contribution in [-0.2, 0) is 6.18 Å². The third kappa shape index (κ3) is 3.96. The van der Waals surface area contributed by atoms with Crippen LogP contribution >= 0.6 is 0 Å². The van der Waals surface area contributed by atoms with Gasteiger partial charge in [-0.1, -0.05) is 6.92 Å². The van der Waals surface area contributed by atoms with E-state index in [1.54, 1.807) is 0 Å². The first-order chi connectivity index (χ1) is 11.4. The van der Waals surface area contributed by atoms with Crippen molar-refractivity contribution >= 4 is 17.3 Å². The summed E-state index contributed by atoms with van der Waals surface area (Å²) in [5, 5.41) is 3.03. The summed E-state index contributed by atoms with van der Waals surface area (Å²) in [6, 6.07) is 6.73. The van der Waals surface area contributed by atoms with Crippen LogP contribution in [0.4, 0.5) is 30.5 Å².